The fourth-order valence-corrected chi connectivity index (χ4v) is 3.32. The number of pyridine rings is 1. The van der Waals surface area contributed by atoms with Gasteiger partial charge in [-0.05, 0) is 35.9 Å². The molecule has 0 fully saturated rings. The number of nitrogens with one attached hydrogen (secondary N) is 1. The Morgan fingerprint density at radius 3 is 2.81 bits per heavy atom. The van der Waals surface area contributed by atoms with Crippen molar-refractivity contribution in [1.29, 1.82) is 0 Å². The monoisotopic (exact) mass is 368 g/mol. The second-order valence-electron chi connectivity index (χ2n) is 5.42. The summed E-state index contributed by atoms with van der Waals surface area (Å²) in [5.74, 6) is 0.507. The Balaban J connectivity index is 1.75. The molecule has 6 heteroatoms. The summed E-state index contributed by atoms with van der Waals surface area (Å²) in [7, 11) is 1.57. The van der Waals surface area contributed by atoms with Crippen LogP contribution in [-0.4, -0.2) is 18.0 Å². The van der Waals surface area contributed by atoms with Crippen molar-refractivity contribution < 1.29 is 13.9 Å². The van der Waals surface area contributed by atoms with E-state index < -0.39 is 0 Å². The highest BCUT2D eigenvalue weighted by Gasteiger charge is 2.14. The molecule has 132 valence electrons. The maximum atomic E-state index is 13.8. The predicted octanol–water partition coefficient (Wildman–Crippen LogP) is 4.77. The fraction of sp³-hybridized carbons (Fsp3) is 0.100. The largest absolute Gasteiger partial charge is 0.497 e. The molecular weight excluding hydrogens is 351 g/mol. The standard InChI is InChI=1S/C20H17FN2O2S/c1-25-16-8-4-7-15(12-16)23-19(24)17-9-5-11-22-20(17)26-13-14-6-2-3-10-18(14)21/h2-12H,13H2,1H3,(H,23,24). The van der Waals surface area contributed by atoms with Crippen molar-refractivity contribution in [2.75, 3.05) is 12.4 Å². The van der Waals surface area contributed by atoms with Gasteiger partial charge in [-0.2, -0.15) is 0 Å². The van der Waals surface area contributed by atoms with Crippen LogP contribution in [0.2, 0.25) is 0 Å². The third kappa shape index (κ3) is 4.40. The van der Waals surface area contributed by atoms with Crippen LogP contribution in [0.1, 0.15) is 15.9 Å². The Hall–Kier alpha value is -2.86. The molecule has 0 unspecified atom stereocenters. The minimum atomic E-state index is -0.276. The van der Waals surface area contributed by atoms with E-state index in [9.17, 15) is 9.18 Å². The molecule has 1 amide bonds. The first-order valence-electron chi connectivity index (χ1n) is 7.94. The van der Waals surface area contributed by atoms with Crippen LogP contribution < -0.4 is 10.1 Å². The van der Waals surface area contributed by atoms with Crippen molar-refractivity contribution in [1.82, 2.24) is 4.98 Å². The van der Waals surface area contributed by atoms with Gasteiger partial charge in [-0.3, -0.25) is 4.79 Å². The number of ether oxygens (including phenoxy) is 1. The number of aromatic nitrogens is 1. The van der Waals surface area contributed by atoms with E-state index in [1.807, 2.05) is 0 Å². The number of anilines is 1. The van der Waals surface area contributed by atoms with Crippen LogP contribution >= 0.6 is 11.8 Å². The number of halogens is 1. The summed E-state index contributed by atoms with van der Waals surface area (Å²) >= 11 is 1.32. The van der Waals surface area contributed by atoms with E-state index >= 15 is 0 Å². The smallest absolute Gasteiger partial charge is 0.258 e. The highest BCUT2D eigenvalue weighted by Crippen LogP contribution is 2.26. The number of nitrogens with zero attached hydrogens (tertiary/aromatic N) is 1. The van der Waals surface area contributed by atoms with Gasteiger partial charge >= 0.3 is 0 Å². The minimum Gasteiger partial charge on any atom is -0.497 e. The van der Waals surface area contributed by atoms with Crippen molar-refractivity contribution in [2.24, 2.45) is 0 Å². The van der Waals surface area contributed by atoms with Gasteiger partial charge < -0.3 is 10.1 Å². The molecule has 3 rings (SSSR count). The molecule has 3 aromatic rings. The van der Waals surface area contributed by atoms with Crippen molar-refractivity contribution in [3.05, 3.63) is 83.8 Å². The van der Waals surface area contributed by atoms with Crippen molar-refractivity contribution in [3.63, 3.8) is 0 Å². The second-order valence-corrected chi connectivity index (χ2v) is 6.39. The summed E-state index contributed by atoms with van der Waals surface area (Å²) in [6.45, 7) is 0. The van der Waals surface area contributed by atoms with Gasteiger partial charge in [-0.25, -0.2) is 9.37 Å². The molecule has 0 atom stereocenters. The van der Waals surface area contributed by atoms with Gasteiger partial charge in [0.1, 0.15) is 16.6 Å². The molecule has 0 saturated carbocycles. The van der Waals surface area contributed by atoms with Crippen molar-refractivity contribution in [3.8, 4) is 5.75 Å². The predicted molar refractivity (Wildman–Crippen MR) is 101 cm³/mol. The summed E-state index contributed by atoms with van der Waals surface area (Å²) < 4.78 is 18.9. The first kappa shape index (κ1) is 17.9. The molecule has 0 aliphatic heterocycles. The zero-order valence-corrected chi connectivity index (χ0v) is 14.9. The van der Waals surface area contributed by atoms with E-state index in [1.54, 1.807) is 67.9 Å². The molecule has 0 bridgehead atoms. The van der Waals surface area contributed by atoms with Crippen LogP contribution in [0.25, 0.3) is 0 Å². The zero-order chi connectivity index (χ0) is 18.4. The number of benzene rings is 2. The van der Waals surface area contributed by atoms with Crippen LogP contribution in [0.4, 0.5) is 10.1 Å². The molecule has 4 nitrogen and oxygen atoms in total. The number of methoxy groups -OCH3 is 1. The molecule has 1 aromatic heterocycles. The number of hydrogen-bond donors (Lipinski definition) is 1. The Bertz CT molecular complexity index is 918. The van der Waals surface area contributed by atoms with E-state index in [0.717, 1.165) is 0 Å². The SMILES string of the molecule is COc1cccc(NC(=O)c2cccnc2SCc2ccccc2F)c1. The average molecular weight is 368 g/mol. The van der Waals surface area contributed by atoms with Crippen LogP contribution in [0.3, 0.4) is 0 Å². The number of thioether (sulfide) groups is 1. The van der Waals surface area contributed by atoms with Crippen LogP contribution in [0.5, 0.6) is 5.75 Å². The lowest BCUT2D eigenvalue weighted by Gasteiger charge is -2.10. The summed E-state index contributed by atoms with van der Waals surface area (Å²) in [5.41, 5.74) is 1.64. The molecule has 1 heterocycles. The molecule has 2 aromatic carbocycles. The summed E-state index contributed by atoms with van der Waals surface area (Å²) in [6, 6.07) is 17.1. The van der Waals surface area contributed by atoms with Crippen molar-refractivity contribution in [2.45, 2.75) is 10.8 Å². The maximum absolute atomic E-state index is 13.8. The summed E-state index contributed by atoms with van der Waals surface area (Å²) in [5, 5.41) is 3.39. The van der Waals surface area contributed by atoms with E-state index in [0.29, 0.717) is 33.3 Å². The van der Waals surface area contributed by atoms with Gasteiger partial charge in [0, 0.05) is 23.7 Å². The highest BCUT2D eigenvalue weighted by atomic mass is 32.2. The molecule has 0 aliphatic rings. The number of hydrogen-bond acceptors (Lipinski definition) is 4. The quantitative estimate of drug-likeness (QED) is 0.637. The summed E-state index contributed by atoms with van der Waals surface area (Å²) in [4.78, 5) is 16.9. The highest BCUT2D eigenvalue weighted by molar-refractivity contribution is 7.98. The molecular formula is C20H17FN2O2S. The lowest BCUT2D eigenvalue weighted by molar-refractivity contribution is 0.102. The van der Waals surface area contributed by atoms with E-state index in [2.05, 4.69) is 10.3 Å². The average Bonchev–Trinajstić information content (AvgIpc) is 2.67. The Kier molecular flexibility index (Phi) is 5.86. The fourth-order valence-electron chi connectivity index (χ4n) is 2.34. The van der Waals surface area contributed by atoms with E-state index in [1.165, 1.54) is 17.8 Å². The third-order valence-corrected chi connectivity index (χ3v) is 4.72. The number of amides is 1. The van der Waals surface area contributed by atoms with Gasteiger partial charge in [0.05, 0.1) is 12.7 Å². The topological polar surface area (TPSA) is 51.2 Å². The Labute approximate surface area is 155 Å². The van der Waals surface area contributed by atoms with E-state index in [4.69, 9.17) is 4.74 Å². The molecule has 1 N–H and O–H groups in total. The lowest BCUT2D eigenvalue weighted by Crippen LogP contribution is -2.13. The second kappa shape index (κ2) is 8.49. The Morgan fingerprint density at radius 2 is 2.00 bits per heavy atom. The first-order valence-corrected chi connectivity index (χ1v) is 8.92. The molecule has 0 spiro atoms. The van der Waals surface area contributed by atoms with Gasteiger partial charge in [-0.15, -0.1) is 11.8 Å². The van der Waals surface area contributed by atoms with Gasteiger partial charge in [-0.1, -0.05) is 24.3 Å². The zero-order valence-electron chi connectivity index (χ0n) is 14.1. The molecule has 26 heavy (non-hydrogen) atoms. The lowest BCUT2D eigenvalue weighted by atomic mass is 10.2. The van der Waals surface area contributed by atoms with Gasteiger partial charge in [0.15, 0.2) is 0 Å². The maximum Gasteiger partial charge on any atom is 0.258 e. The third-order valence-electron chi connectivity index (χ3n) is 3.67. The molecule has 0 saturated heterocycles. The van der Waals surface area contributed by atoms with Crippen molar-refractivity contribution >= 4 is 23.4 Å². The first-order chi connectivity index (χ1) is 12.7. The van der Waals surface area contributed by atoms with Crippen LogP contribution in [0, 0.1) is 5.82 Å². The van der Waals surface area contributed by atoms with E-state index in [-0.39, 0.29) is 11.7 Å². The molecule has 0 radical (unpaired) electrons. The van der Waals surface area contributed by atoms with Gasteiger partial charge in [0.25, 0.3) is 5.91 Å². The number of carbonyl (C=O) groups is 1. The minimum absolute atomic E-state index is 0.265. The summed E-state index contributed by atoms with van der Waals surface area (Å²) in [6.07, 6.45) is 1.62. The van der Waals surface area contributed by atoms with Gasteiger partial charge in [0.2, 0.25) is 0 Å². The number of rotatable bonds is 6. The molecule has 0 aliphatic carbocycles. The number of carbonyl (C=O) groups excluding carboxylic acids is 1. The normalized spacial score (nSPS) is 10.4. The van der Waals surface area contributed by atoms with Crippen LogP contribution in [-0.2, 0) is 5.75 Å². The van der Waals surface area contributed by atoms with Crippen LogP contribution in [0.15, 0.2) is 71.9 Å². The Morgan fingerprint density at radius 1 is 1.15 bits per heavy atom.